The van der Waals surface area contributed by atoms with E-state index in [0.29, 0.717) is 4.88 Å². The largest absolute Gasteiger partial charge is 0.476 e. The molecule has 3 rings (SSSR count). The lowest BCUT2D eigenvalue weighted by Crippen LogP contribution is -2.14. The quantitative estimate of drug-likeness (QED) is 0.909. The van der Waals surface area contributed by atoms with E-state index in [1.165, 1.54) is 34.0 Å². The molecule has 1 aliphatic carbocycles. The molecule has 5 nitrogen and oxygen atoms in total. The maximum atomic E-state index is 12.2. The van der Waals surface area contributed by atoms with Crippen LogP contribution in [0, 0.1) is 0 Å². The second-order valence-electron chi connectivity index (χ2n) is 4.57. The summed E-state index contributed by atoms with van der Waals surface area (Å²) in [4.78, 5) is 28.9. The van der Waals surface area contributed by atoms with E-state index in [0.717, 1.165) is 19.3 Å². The van der Waals surface area contributed by atoms with Crippen molar-refractivity contribution in [2.24, 2.45) is 0 Å². The first-order chi connectivity index (χ1) is 9.65. The summed E-state index contributed by atoms with van der Waals surface area (Å²) < 4.78 is 0. The minimum atomic E-state index is -1.16. The molecule has 2 aromatic heterocycles. The molecule has 1 amide bonds. The van der Waals surface area contributed by atoms with E-state index in [4.69, 9.17) is 5.11 Å². The summed E-state index contributed by atoms with van der Waals surface area (Å²) >= 11 is 1.48. The molecule has 2 N–H and O–H groups in total. The Morgan fingerprint density at radius 2 is 2.20 bits per heavy atom. The highest BCUT2D eigenvalue weighted by Crippen LogP contribution is 2.31. The van der Waals surface area contributed by atoms with E-state index in [9.17, 15) is 9.59 Å². The molecule has 1 aliphatic rings. The number of carboxylic acid groups (broad SMARTS) is 1. The third-order valence-electron chi connectivity index (χ3n) is 3.23. The van der Waals surface area contributed by atoms with Gasteiger partial charge in [0.2, 0.25) is 0 Å². The number of fused-ring (bicyclic) bond motifs is 1. The van der Waals surface area contributed by atoms with E-state index in [1.54, 1.807) is 6.07 Å². The van der Waals surface area contributed by atoms with Gasteiger partial charge in [0, 0.05) is 11.1 Å². The number of carbonyl (C=O) groups is 2. The number of carboxylic acids is 1. The molecule has 2 aromatic rings. The van der Waals surface area contributed by atoms with Crippen LogP contribution in [0.2, 0.25) is 0 Å². The van der Waals surface area contributed by atoms with Crippen molar-refractivity contribution in [3.05, 3.63) is 45.4 Å². The number of aromatic nitrogens is 1. The normalized spacial score (nSPS) is 13.0. The van der Waals surface area contributed by atoms with Gasteiger partial charge < -0.3 is 10.4 Å². The van der Waals surface area contributed by atoms with Gasteiger partial charge in [-0.05, 0) is 43.0 Å². The molecule has 0 unspecified atom stereocenters. The minimum absolute atomic E-state index is 0.148. The number of thiophene rings is 1. The highest BCUT2D eigenvalue weighted by Gasteiger charge is 2.20. The molecular formula is C14H12N2O3S. The van der Waals surface area contributed by atoms with Crippen LogP contribution in [0.4, 0.5) is 5.69 Å². The number of pyridine rings is 1. The van der Waals surface area contributed by atoms with Crippen molar-refractivity contribution in [2.75, 3.05) is 5.32 Å². The van der Waals surface area contributed by atoms with Crippen LogP contribution < -0.4 is 5.32 Å². The molecule has 0 radical (unpaired) electrons. The number of rotatable bonds is 3. The number of nitrogens with one attached hydrogen (secondary N) is 1. The first-order valence-corrected chi connectivity index (χ1v) is 7.08. The Bertz CT molecular complexity index is 672. The smallest absolute Gasteiger partial charge is 0.356 e. The zero-order chi connectivity index (χ0) is 14.1. The Labute approximate surface area is 119 Å². The van der Waals surface area contributed by atoms with Gasteiger partial charge in [0.05, 0.1) is 10.6 Å². The molecule has 102 valence electrons. The minimum Gasteiger partial charge on any atom is -0.476 e. The molecule has 0 saturated carbocycles. The number of nitrogens with zero attached hydrogens (tertiary/aromatic N) is 1. The average Bonchev–Trinajstić information content (AvgIpc) is 2.99. The summed E-state index contributed by atoms with van der Waals surface area (Å²) in [6, 6.07) is 5.03. The summed E-state index contributed by atoms with van der Waals surface area (Å²) in [5.41, 5.74) is 1.31. The lowest BCUT2D eigenvalue weighted by atomic mass is 10.2. The maximum absolute atomic E-state index is 12.2. The first-order valence-electron chi connectivity index (χ1n) is 6.26. The molecule has 0 fully saturated rings. The number of anilines is 1. The van der Waals surface area contributed by atoms with Crippen molar-refractivity contribution < 1.29 is 14.7 Å². The Balaban J connectivity index is 1.84. The van der Waals surface area contributed by atoms with E-state index in [1.807, 2.05) is 6.07 Å². The lowest BCUT2D eigenvalue weighted by Gasteiger charge is -2.06. The number of amides is 1. The van der Waals surface area contributed by atoms with Crippen LogP contribution in [-0.2, 0) is 12.8 Å². The van der Waals surface area contributed by atoms with Crippen LogP contribution in [0.3, 0.4) is 0 Å². The standard InChI is InChI=1S/C14H12N2O3S/c17-13(11-7-8-3-1-5-10(8)20-11)16-9-4-2-6-15-12(9)14(18)19/h2,4,6-7H,1,3,5H2,(H,16,17)(H,18,19). The maximum Gasteiger partial charge on any atom is 0.356 e. The SMILES string of the molecule is O=C(Nc1cccnc1C(=O)O)c1cc2c(s1)CCC2. The molecule has 0 spiro atoms. The first kappa shape index (κ1) is 12.8. The van der Waals surface area contributed by atoms with Crippen molar-refractivity contribution in [3.8, 4) is 0 Å². The molecule has 0 bridgehead atoms. The predicted octanol–water partition coefficient (Wildman–Crippen LogP) is 2.58. The number of aryl methyl sites for hydroxylation is 2. The van der Waals surface area contributed by atoms with Crippen LogP contribution in [0.1, 0.15) is 37.0 Å². The second-order valence-corrected chi connectivity index (χ2v) is 5.71. The Morgan fingerprint density at radius 3 is 2.95 bits per heavy atom. The number of carbonyl (C=O) groups excluding carboxylic acids is 1. The zero-order valence-corrected chi connectivity index (χ0v) is 11.4. The monoisotopic (exact) mass is 288 g/mol. The van der Waals surface area contributed by atoms with E-state index in [-0.39, 0.29) is 17.3 Å². The number of hydrogen-bond acceptors (Lipinski definition) is 4. The summed E-state index contributed by atoms with van der Waals surface area (Å²) in [7, 11) is 0. The van der Waals surface area contributed by atoms with Crippen molar-refractivity contribution in [1.82, 2.24) is 4.98 Å². The van der Waals surface area contributed by atoms with Gasteiger partial charge in [-0.2, -0.15) is 0 Å². The second kappa shape index (κ2) is 5.05. The van der Waals surface area contributed by atoms with Crippen LogP contribution in [0.5, 0.6) is 0 Å². The highest BCUT2D eigenvalue weighted by molar-refractivity contribution is 7.14. The molecule has 2 heterocycles. The molecule has 0 atom stereocenters. The van der Waals surface area contributed by atoms with Crippen LogP contribution >= 0.6 is 11.3 Å². The molecule has 0 aliphatic heterocycles. The summed E-state index contributed by atoms with van der Waals surface area (Å²) in [6.45, 7) is 0. The van der Waals surface area contributed by atoms with E-state index < -0.39 is 5.97 Å². The third-order valence-corrected chi connectivity index (χ3v) is 4.46. The number of hydrogen-bond donors (Lipinski definition) is 2. The van der Waals surface area contributed by atoms with Gasteiger partial charge in [0.15, 0.2) is 5.69 Å². The molecule has 20 heavy (non-hydrogen) atoms. The van der Waals surface area contributed by atoms with Gasteiger partial charge in [-0.15, -0.1) is 11.3 Å². The molecule has 6 heteroatoms. The fourth-order valence-electron chi connectivity index (χ4n) is 2.30. The fraction of sp³-hybridized carbons (Fsp3) is 0.214. The van der Waals surface area contributed by atoms with Crippen molar-refractivity contribution >= 4 is 28.9 Å². The Kier molecular flexibility index (Phi) is 3.23. The van der Waals surface area contributed by atoms with Gasteiger partial charge in [-0.3, -0.25) is 4.79 Å². The summed E-state index contributed by atoms with van der Waals surface area (Å²) in [5, 5.41) is 11.7. The van der Waals surface area contributed by atoms with Crippen molar-refractivity contribution in [1.29, 1.82) is 0 Å². The van der Waals surface area contributed by atoms with E-state index >= 15 is 0 Å². The summed E-state index contributed by atoms with van der Waals surface area (Å²) in [6.07, 6.45) is 4.58. The topological polar surface area (TPSA) is 79.3 Å². The average molecular weight is 288 g/mol. The molecule has 0 saturated heterocycles. The van der Waals surface area contributed by atoms with Crippen LogP contribution in [-0.4, -0.2) is 22.0 Å². The zero-order valence-electron chi connectivity index (χ0n) is 10.5. The highest BCUT2D eigenvalue weighted by atomic mass is 32.1. The molecule has 0 aromatic carbocycles. The lowest BCUT2D eigenvalue weighted by molar-refractivity contribution is 0.0692. The van der Waals surface area contributed by atoms with Gasteiger partial charge in [0.25, 0.3) is 5.91 Å². The van der Waals surface area contributed by atoms with Crippen LogP contribution in [0.25, 0.3) is 0 Å². The van der Waals surface area contributed by atoms with Gasteiger partial charge in [0.1, 0.15) is 0 Å². The fourth-order valence-corrected chi connectivity index (χ4v) is 3.45. The van der Waals surface area contributed by atoms with Crippen molar-refractivity contribution in [3.63, 3.8) is 0 Å². The number of aromatic carboxylic acids is 1. The molecular weight excluding hydrogens is 276 g/mol. The van der Waals surface area contributed by atoms with Gasteiger partial charge >= 0.3 is 5.97 Å². The van der Waals surface area contributed by atoms with Crippen molar-refractivity contribution in [2.45, 2.75) is 19.3 Å². The van der Waals surface area contributed by atoms with Gasteiger partial charge in [-0.1, -0.05) is 0 Å². The third kappa shape index (κ3) is 2.30. The Hall–Kier alpha value is -2.21. The predicted molar refractivity (Wildman–Crippen MR) is 75.5 cm³/mol. The van der Waals surface area contributed by atoms with Gasteiger partial charge in [-0.25, -0.2) is 9.78 Å². The van der Waals surface area contributed by atoms with Crippen LogP contribution in [0.15, 0.2) is 24.4 Å². The summed E-state index contributed by atoms with van der Waals surface area (Å²) in [5.74, 6) is -1.44. The van der Waals surface area contributed by atoms with E-state index in [2.05, 4.69) is 10.3 Å². The Morgan fingerprint density at radius 1 is 1.35 bits per heavy atom.